The summed E-state index contributed by atoms with van der Waals surface area (Å²) in [6.07, 6.45) is 3.33. The SMILES string of the molecule is O=C1C(=Cc2cc3c(s2)c2sc4c5sc(N=C6C(=O)C7CCCCC7C6=O)cc5n(C(=O)OCc5ccccc5)c4c2n3C(=O)OCc2ccccc2)C(=O)c2ccccc21. The molecule has 2 fully saturated rings. The van der Waals surface area contributed by atoms with Gasteiger partial charge in [-0.1, -0.05) is 97.8 Å². The molecule has 3 aliphatic carbocycles. The third-order valence-electron chi connectivity index (χ3n) is 11.7. The molecule has 0 spiro atoms. The van der Waals surface area contributed by atoms with E-state index in [1.165, 1.54) is 43.1 Å². The number of carbonyl (C=O) groups excluding carboxylic acids is 6. The summed E-state index contributed by atoms with van der Waals surface area (Å²) >= 11 is 3.94. The molecule has 11 nitrogen and oxygen atoms in total. The number of ketones is 4. The quantitative estimate of drug-likeness (QED) is 0.119. The number of aliphatic imine (C=N–C) groups is 1. The highest BCUT2D eigenvalue weighted by molar-refractivity contribution is 7.35. The number of nitrogens with zero attached hydrogens (tertiary/aromatic N) is 3. The lowest BCUT2D eigenvalue weighted by molar-refractivity contribution is -0.120. The van der Waals surface area contributed by atoms with E-state index >= 15 is 0 Å². The van der Waals surface area contributed by atoms with E-state index in [0.29, 0.717) is 74.7 Å². The van der Waals surface area contributed by atoms with Crippen LogP contribution in [-0.4, -0.2) is 50.2 Å². The van der Waals surface area contributed by atoms with Gasteiger partial charge < -0.3 is 9.47 Å². The van der Waals surface area contributed by atoms with Gasteiger partial charge in [0.2, 0.25) is 0 Å². The Kier molecular flexibility index (Phi) is 8.91. The van der Waals surface area contributed by atoms with E-state index in [1.807, 2.05) is 60.7 Å². The molecule has 2 atom stereocenters. The van der Waals surface area contributed by atoms with Crippen LogP contribution in [0.5, 0.6) is 0 Å². The highest BCUT2D eigenvalue weighted by atomic mass is 32.1. The topological polar surface area (TPSA) is 143 Å². The Morgan fingerprint density at radius 2 is 1.11 bits per heavy atom. The molecular formula is C47H31N3O8S3. The van der Waals surface area contributed by atoms with Crippen LogP contribution in [0.4, 0.5) is 14.6 Å². The molecule has 3 aromatic carbocycles. The van der Waals surface area contributed by atoms with Gasteiger partial charge in [-0.05, 0) is 42.2 Å². The average Bonchev–Trinajstić information content (AvgIpc) is 4.15. The van der Waals surface area contributed by atoms with E-state index in [0.717, 1.165) is 24.0 Å². The maximum atomic E-state index is 14.4. The van der Waals surface area contributed by atoms with Gasteiger partial charge in [0, 0.05) is 27.8 Å². The van der Waals surface area contributed by atoms with Crippen molar-refractivity contribution >= 4 is 127 Å². The zero-order valence-electron chi connectivity index (χ0n) is 32.0. The lowest BCUT2D eigenvalue weighted by Crippen LogP contribution is -2.21. The Morgan fingerprint density at radius 3 is 1.66 bits per heavy atom. The first-order chi connectivity index (χ1) is 29.7. The van der Waals surface area contributed by atoms with Gasteiger partial charge in [-0.25, -0.2) is 23.7 Å². The summed E-state index contributed by atoms with van der Waals surface area (Å²) in [5.41, 5.74) is 4.04. The number of fused-ring (bicyclic) bond motifs is 9. The van der Waals surface area contributed by atoms with Crippen LogP contribution in [0.2, 0.25) is 0 Å². The van der Waals surface area contributed by atoms with Crippen molar-refractivity contribution in [3.05, 3.63) is 130 Å². The minimum absolute atomic E-state index is 0.0193. The lowest BCUT2D eigenvalue weighted by atomic mass is 9.81. The van der Waals surface area contributed by atoms with Gasteiger partial charge in [0.1, 0.15) is 18.2 Å². The van der Waals surface area contributed by atoms with Crippen LogP contribution < -0.4 is 0 Å². The first-order valence-corrected chi connectivity index (χ1v) is 22.2. The molecule has 11 rings (SSSR count). The van der Waals surface area contributed by atoms with Gasteiger partial charge in [-0.2, -0.15) is 0 Å². The molecule has 300 valence electrons. The molecule has 8 aromatic rings. The number of ether oxygens (including phenoxy) is 2. The van der Waals surface area contributed by atoms with E-state index in [2.05, 4.69) is 4.99 Å². The van der Waals surface area contributed by atoms with Gasteiger partial charge in [-0.3, -0.25) is 19.2 Å². The Bertz CT molecular complexity index is 3220. The van der Waals surface area contributed by atoms with Gasteiger partial charge >= 0.3 is 12.2 Å². The monoisotopic (exact) mass is 861 g/mol. The predicted octanol–water partition coefficient (Wildman–Crippen LogP) is 10.9. The molecule has 0 aliphatic heterocycles. The molecular weight excluding hydrogens is 831 g/mol. The fraction of sp³-hybridized carbons (Fsp3) is 0.170. The minimum Gasteiger partial charge on any atom is -0.444 e. The number of hydrogen-bond donors (Lipinski definition) is 0. The van der Waals surface area contributed by atoms with Gasteiger partial charge in [0.25, 0.3) is 0 Å². The van der Waals surface area contributed by atoms with Crippen molar-refractivity contribution in [2.24, 2.45) is 16.8 Å². The number of aromatic nitrogens is 2. The summed E-state index contributed by atoms with van der Waals surface area (Å²) < 4.78 is 17.5. The largest absolute Gasteiger partial charge is 0.444 e. The molecule has 5 heterocycles. The number of allylic oxidation sites excluding steroid dienone is 1. The number of thiophene rings is 3. The van der Waals surface area contributed by atoms with E-state index < -0.39 is 12.2 Å². The summed E-state index contributed by atoms with van der Waals surface area (Å²) in [6.45, 7) is -0.0394. The van der Waals surface area contributed by atoms with Crippen LogP contribution in [0.15, 0.2) is 108 Å². The molecule has 2 saturated carbocycles. The first kappa shape index (κ1) is 37.4. The Balaban J connectivity index is 1.10. The van der Waals surface area contributed by atoms with Gasteiger partial charge in [0.05, 0.1) is 46.4 Å². The molecule has 14 heteroatoms. The highest BCUT2D eigenvalue weighted by Crippen LogP contribution is 2.51. The Morgan fingerprint density at radius 1 is 0.623 bits per heavy atom. The lowest BCUT2D eigenvalue weighted by Gasteiger charge is -2.20. The highest BCUT2D eigenvalue weighted by Gasteiger charge is 2.47. The number of rotatable bonds is 6. The summed E-state index contributed by atoms with van der Waals surface area (Å²) in [7, 11) is 0. The van der Waals surface area contributed by atoms with Crippen LogP contribution in [-0.2, 0) is 32.3 Å². The summed E-state index contributed by atoms with van der Waals surface area (Å²) in [5.74, 6) is -1.84. The van der Waals surface area contributed by atoms with Gasteiger partial charge in [-0.15, -0.1) is 34.0 Å². The smallest absolute Gasteiger partial charge is 0.419 e. The Hall–Kier alpha value is -6.61. The zero-order chi connectivity index (χ0) is 41.5. The number of hydrogen-bond acceptors (Lipinski definition) is 12. The number of benzene rings is 3. The fourth-order valence-corrected chi connectivity index (χ4v) is 12.5. The summed E-state index contributed by atoms with van der Waals surface area (Å²) in [4.78, 5) is 87.8. The normalized spacial score (nSPS) is 17.6. The van der Waals surface area contributed by atoms with Crippen molar-refractivity contribution in [3.63, 3.8) is 0 Å². The maximum absolute atomic E-state index is 14.4. The molecule has 0 bridgehead atoms. The van der Waals surface area contributed by atoms with E-state index in [4.69, 9.17) is 9.47 Å². The van der Waals surface area contributed by atoms with E-state index in [9.17, 15) is 28.8 Å². The molecule has 3 aliphatic rings. The third kappa shape index (κ3) is 5.99. The minimum atomic E-state index is -0.698. The standard InChI is InChI=1S/C47H31N3O8S3/c51-38-27-15-7-8-16-28(27)39(52)31(38)19-26-20-32-42(59-26)44-36(49(32)46(55)57-22-24-11-3-1-4-12-24)37-45(61-44)43-33(50(37)47(56)58-23-25-13-5-2-6-14-25)21-34(60-43)48-35-40(53)29-17-9-10-18-30(29)41(35)54/h1-8,11-16,19-21,29-30H,9-10,17-18,22-23H2. The molecule has 0 N–H and O–H groups in total. The van der Waals surface area contributed by atoms with Crippen molar-refractivity contribution in [1.29, 1.82) is 0 Å². The van der Waals surface area contributed by atoms with Crippen LogP contribution in [0.3, 0.4) is 0 Å². The predicted molar refractivity (Wildman–Crippen MR) is 236 cm³/mol. The summed E-state index contributed by atoms with van der Waals surface area (Å²) in [5, 5.41) is 0.400. The molecule has 2 unspecified atom stereocenters. The van der Waals surface area contributed by atoms with Crippen LogP contribution in [0.1, 0.15) is 62.4 Å². The van der Waals surface area contributed by atoms with Gasteiger partial charge in [0.15, 0.2) is 28.8 Å². The second kappa shape index (κ2) is 14.5. The number of carbonyl (C=O) groups is 6. The second-order valence-corrected chi connectivity index (χ2v) is 18.5. The van der Waals surface area contributed by atoms with Crippen molar-refractivity contribution in [3.8, 4) is 0 Å². The van der Waals surface area contributed by atoms with Crippen molar-refractivity contribution in [1.82, 2.24) is 9.13 Å². The second-order valence-electron chi connectivity index (χ2n) is 15.3. The molecule has 0 saturated heterocycles. The molecule has 0 amide bonds. The van der Waals surface area contributed by atoms with E-state index in [-0.39, 0.29) is 59.5 Å². The van der Waals surface area contributed by atoms with Crippen LogP contribution in [0, 0.1) is 11.8 Å². The zero-order valence-corrected chi connectivity index (χ0v) is 34.5. The molecule has 0 radical (unpaired) electrons. The third-order valence-corrected chi connectivity index (χ3v) is 15.3. The number of Topliss-reactive ketones (excluding diaryl/α,β-unsaturated/α-hetero) is 4. The molecule has 61 heavy (non-hydrogen) atoms. The van der Waals surface area contributed by atoms with Crippen molar-refractivity contribution in [2.45, 2.75) is 38.9 Å². The van der Waals surface area contributed by atoms with Crippen LogP contribution >= 0.6 is 34.0 Å². The average molecular weight is 862 g/mol. The van der Waals surface area contributed by atoms with Crippen molar-refractivity contribution < 1.29 is 38.2 Å². The van der Waals surface area contributed by atoms with Crippen molar-refractivity contribution in [2.75, 3.05) is 0 Å². The van der Waals surface area contributed by atoms with E-state index in [1.54, 1.807) is 42.5 Å². The van der Waals surface area contributed by atoms with Crippen LogP contribution in [0.25, 0.3) is 46.9 Å². The maximum Gasteiger partial charge on any atom is 0.419 e. The first-order valence-electron chi connectivity index (χ1n) is 19.8. The summed E-state index contributed by atoms with van der Waals surface area (Å²) in [6, 6.07) is 28.7. The molecule has 5 aromatic heterocycles. The fourth-order valence-electron chi connectivity index (χ4n) is 8.87. The Labute approximate surface area is 358 Å².